The maximum atomic E-state index is 12.0. The van der Waals surface area contributed by atoms with Gasteiger partial charge in [-0.15, -0.1) is 13.2 Å². The molecule has 15 heavy (non-hydrogen) atoms. The molecule has 0 heterocycles. The summed E-state index contributed by atoms with van der Waals surface area (Å²) in [5, 5.41) is 0. The molecule has 81 valence electrons. The lowest BCUT2D eigenvalue weighted by atomic mass is 10.1. The number of halogens is 3. The molecule has 0 N–H and O–H groups in total. The Morgan fingerprint density at radius 1 is 1.20 bits per heavy atom. The summed E-state index contributed by atoms with van der Waals surface area (Å²) >= 11 is 0. The second-order valence-electron chi connectivity index (χ2n) is 3.73. The van der Waals surface area contributed by atoms with Gasteiger partial charge in [-0.25, -0.2) is 0 Å². The van der Waals surface area contributed by atoms with Crippen LogP contribution < -0.4 is 4.74 Å². The van der Waals surface area contributed by atoms with Gasteiger partial charge in [-0.3, -0.25) is 0 Å². The average Bonchev–Trinajstić information content (AvgIpc) is 2.80. The van der Waals surface area contributed by atoms with Gasteiger partial charge in [-0.2, -0.15) is 0 Å². The highest BCUT2D eigenvalue weighted by Crippen LogP contribution is 2.41. The number of benzene rings is 1. The van der Waals surface area contributed by atoms with Crippen LogP contribution in [0.25, 0.3) is 0 Å². The van der Waals surface area contributed by atoms with Gasteiger partial charge in [0, 0.05) is 0 Å². The molecule has 1 aromatic rings. The van der Waals surface area contributed by atoms with Crippen LogP contribution in [-0.4, -0.2) is 6.36 Å². The highest BCUT2D eigenvalue weighted by molar-refractivity contribution is 5.39. The fourth-order valence-electron chi connectivity index (χ4n) is 1.53. The van der Waals surface area contributed by atoms with Crippen molar-refractivity contribution in [2.24, 2.45) is 0 Å². The van der Waals surface area contributed by atoms with Crippen LogP contribution in [0.4, 0.5) is 13.2 Å². The number of rotatable bonds is 2. The van der Waals surface area contributed by atoms with Gasteiger partial charge in [0.15, 0.2) is 0 Å². The smallest absolute Gasteiger partial charge is 0.406 e. The summed E-state index contributed by atoms with van der Waals surface area (Å²) in [4.78, 5) is 0. The molecule has 1 fully saturated rings. The van der Waals surface area contributed by atoms with Crippen molar-refractivity contribution in [3.8, 4) is 5.75 Å². The summed E-state index contributed by atoms with van der Waals surface area (Å²) in [6.45, 7) is 3.63. The van der Waals surface area contributed by atoms with Crippen molar-refractivity contribution in [1.82, 2.24) is 0 Å². The summed E-state index contributed by atoms with van der Waals surface area (Å²) < 4.78 is 39.8. The largest absolute Gasteiger partial charge is 0.573 e. The summed E-state index contributed by atoms with van der Waals surface area (Å²) in [6, 6.07) is 4.54. The molecule has 0 saturated heterocycles. The zero-order valence-corrected chi connectivity index (χ0v) is 7.97. The van der Waals surface area contributed by atoms with E-state index in [-0.39, 0.29) is 5.75 Å². The average molecular weight is 215 g/mol. The quantitative estimate of drug-likeness (QED) is 0.731. The molecule has 4 heteroatoms. The molecule has 1 aliphatic carbocycles. The topological polar surface area (TPSA) is 9.23 Å². The molecule has 0 aromatic heterocycles. The minimum atomic E-state index is -4.63. The second-order valence-corrected chi connectivity index (χ2v) is 3.73. The van der Waals surface area contributed by atoms with E-state index in [4.69, 9.17) is 0 Å². The van der Waals surface area contributed by atoms with Crippen molar-refractivity contribution < 1.29 is 17.9 Å². The first kappa shape index (κ1) is 10.3. The fraction of sp³-hybridized carbons (Fsp3) is 0.364. The third-order valence-corrected chi connectivity index (χ3v) is 2.27. The van der Waals surface area contributed by atoms with Crippen LogP contribution in [0.1, 0.15) is 29.9 Å². The predicted molar refractivity (Wildman–Crippen MR) is 49.6 cm³/mol. The first-order chi connectivity index (χ1) is 6.94. The van der Waals surface area contributed by atoms with E-state index in [9.17, 15) is 13.2 Å². The van der Waals surface area contributed by atoms with Gasteiger partial charge in [0.05, 0.1) is 0 Å². The van der Waals surface area contributed by atoms with Crippen molar-refractivity contribution in [2.45, 2.75) is 25.1 Å². The number of hydrogen-bond acceptors (Lipinski definition) is 1. The Labute approximate surface area is 85.9 Å². The molecule has 0 bridgehead atoms. The van der Waals surface area contributed by atoms with Crippen LogP contribution in [0.3, 0.4) is 0 Å². The minimum Gasteiger partial charge on any atom is -0.406 e. The van der Waals surface area contributed by atoms with Crippen molar-refractivity contribution in [3.05, 3.63) is 36.2 Å². The van der Waals surface area contributed by atoms with Crippen LogP contribution in [-0.2, 0) is 0 Å². The molecule has 0 atom stereocenters. The molecule has 2 rings (SSSR count). The normalized spacial score (nSPS) is 16.5. The third-order valence-electron chi connectivity index (χ3n) is 2.27. The lowest BCUT2D eigenvalue weighted by Gasteiger charge is -2.11. The Kier molecular flexibility index (Phi) is 2.37. The van der Waals surface area contributed by atoms with E-state index in [1.54, 1.807) is 6.07 Å². The van der Waals surface area contributed by atoms with Gasteiger partial charge >= 0.3 is 6.36 Å². The molecule has 1 saturated carbocycles. The SMILES string of the molecule is [CH2]c1cc(OC(F)(F)F)cc(C2CC2)c1. The summed E-state index contributed by atoms with van der Waals surface area (Å²) in [5.74, 6) is 0.221. The lowest BCUT2D eigenvalue weighted by Crippen LogP contribution is -2.17. The van der Waals surface area contributed by atoms with Gasteiger partial charge in [0.1, 0.15) is 5.75 Å². The first-order valence-corrected chi connectivity index (χ1v) is 4.67. The highest BCUT2D eigenvalue weighted by Gasteiger charge is 2.32. The molecule has 1 nitrogen and oxygen atoms in total. The van der Waals surface area contributed by atoms with Gasteiger partial charge in [0.25, 0.3) is 0 Å². The third kappa shape index (κ3) is 2.88. The Balaban J connectivity index is 2.23. The molecule has 1 aromatic carbocycles. The van der Waals surface area contributed by atoms with Crippen LogP contribution in [0, 0.1) is 6.92 Å². The van der Waals surface area contributed by atoms with E-state index in [1.807, 2.05) is 0 Å². The highest BCUT2D eigenvalue weighted by atomic mass is 19.4. The number of hydrogen-bond donors (Lipinski definition) is 0. The molecular formula is C11H10F3O. The van der Waals surface area contributed by atoms with E-state index >= 15 is 0 Å². The van der Waals surface area contributed by atoms with Crippen molar-refractivity contribution >= 4 is 0 Å². The maximum absolute atomic E-state index is 12.0. The van der Waals surface area contributed by atoms with Crippen molar-refractivity contribution in [3.63, 3.8) is 0 Å². The zero-order valence-electron chi connectivity index (χ0n) is 7.97. The second kappa shape index (κ2) is 3.43. The van der Waals surface area contributed by atoms with E-state index in [0.29, 0.717) is 11.5 Å². The number of ether oxygens (including phenoxy) is 1. The summed E-state index contributed by atoms with van der Waals surface area (Å²) in [7, 11) is 0. The Hall–Kier alpha value is -1.19. The van der Waals surface area contributed by atoms with Crippen molar-refractivity contribution in [2.75, 3.05) is 0 Å². The van der Waals surface area contributed by atoms with Crippen LogP contribution >= 0.6 is 0 Å². The molecule has 0 aliphatic heterocycles. The summed E-state index contributed by atoms with van der Waals surface area (Å²) in [6.07, 6.45) is -2.56. The first-order valence-electron chi connectivity index (χ1n) is 4.67. The molecule has 0 unspecified atom stereocenters. The number of alkyl halides is 3. The van der Waals surface area contributed by atoms with Gasteiger partial charge in [0.2, 0.25) is 0 Å². The van der Waals surface area contributed by atoms with E-state index in [2.05, 4.69) is 11.7 Å². The van der Waals surface area contributed by atoms with Gasteiger partial charge < -0.3 is 4.74 Å². The zero-order chi connectivity index (χ0) is 11.1. The minimum absolute atomic E-state index is 0.170. The van der Waals surface area contributed by atoms with Crippen LogP contribution in [0.2, 0.25) is 0 Å². The molecule has 0 spiro atoms. The molecule has 1 radical (unpaired) electrons. The van der Waals surface area contributed by atoms with Crippen LogP contribution in [0.15, 0.2) is 18.2 Å². The Bertz CT molecular complexity index is 367. The Morgan fingerprint density at radius 3 is 2.40 bits per heavy atom. The van der Waals surface area contributed by atoms with Gasteiger partial charge in [-0.05, 0) is 48.9 Å². The van der Waals surface area contributed by atoms with E-state index in [1.165, 1.54) is 12.1 Å². The monoisotopic (exact) mass is 215 g/mol. The van der Waals surface area contributed by atoms with Crippen LogP contribution in [0.5, 0.6) is 5.75 Å². The lowest BCUT2D eigenvalue weighted by molar-refractivity contribution is -0.274. The maximum Gasteiger partial charge on any atom is 0.573 e. The van der Waals surface area contributed by atoms with Crippen molar-refractivity contribution in [1.29, 1.82) is 0 Å². The molecular weight excluding hydrogens is 205 g/mol. The summed E-state index contributed by atoms with van der Waals surface area (Å²) in [5.41, 5.74) is 1.44. The fourth-order valence-corrected chi connectivity index (χ4v) is 1.53. The molecule has 0 amide bonds. The van der Waals surface area contributed by atoms with Gasteiger partial charge in [-0.1, -0.05) is 6.07 Å². The van der Waals surface area contributed by atoms with E-state index < -0.39 is 6.36 Å². The Morgan fingerprint density at radius 2 is 1.87 bits per heavy atom. The predicted octanol–water partition coefficient (Wildman–Crippen LogP) is 3.64. The van der Waals surface area contributed by atoms with E-state index in [0.717, 1.165) is 18.4 Å². The molecule has 1 aliphatic rings. The standard InChI is InChI=1S/C11H10F3O/c1-7-4-9(8-2-3-8)6-10(5-7)15-11(12,13)14/h4-6,8H,1-3H2.